The number of carbonyl (C=O) groups is 1. The molecule has 190 valence electrons. The van der Waals surface area contributed by atoms with Crippen molar-refractivity contribution in [3.63, 3.8) is 0 Å². The number of ether oxygens (including phenoxy) is 1. The van der Waals surface area contributed by atoms with Crippen molar-refractivity contribution in [2.45, 2.75) is 46.1 Å². The summed E-state index contributed by atoms with van der Waals surface area (Å²) >= 11 is 1.62. The predicted octanol–water partition coefficient (Wildman–Crippen LogP) is 6.49. The third-order valence-corrected chi connectivity index (χ3v) is 7.91. The molecule has 1 N–H and O–H groups in total. The van der Waals surface area contributed by atoms with Crippen LogP contribution in [0, 0.1) is 16.7 Å². The Balaban J connectivity index is 1.62. The molecular formula is C31H29N4O2S+. The van der Waals surface area contributed by atoms with E-state index in [2.05, 4.69) is 47.4 Å². The lowest BCUT2D eigenvalue weighted by atomic mass is 9.77. The minimum absolute atomic E-state index is 0.0412. The Morgan fingerprint density at radius 2 is 1.87 bits per heavy atom. The van der Waals surface area contributed by atoms with Crippen molar-refractivity contribution < 1.29 is 14.1 Å². The minimum atomic E-state index is -0.162. The second-order valence-electron chi connectivity index (χ2n) is 9.26. The van der Waals surface area contributed by atoms with Gasteiger partial charge in [0.2, 0.25) is 11.4 Å². The number of nitrogens with zero attached hydrogens (tertiary/aromatic N) is 3. The van der Waals surface area contributed by atoms with Gasteiger partial charge in [-0.1, -0.05) is 62.3 Å². The highest BCUT2D eigenvalue weighted by molar-refractivity contribution is 7.18. The van der Waals surface area contributed by atoms with E-state index >= 15 is 0 Å². The molecule has 1 aliphatic carbocycles. The van der Waals surface area contributed by atoms with Crippen molar-refractivity contribution in [2.75, 3.05) is 11.4 Å². The first-order chi connectivity index (χ1) is 18.6. The lowest BCUT2D eigenvalue weighted by Crippen LogP contribution is -2.35. The van der Waals surface area contributed by atoms with Crippen LogP contribution in [-0.4, -0.2) is 18.2 Å². The van der Waals surface area contributed by atoms with Gasteiger partial charge in [0.05, 0.1) is 5.69 Å². The number of hydrogen-bond donors (Lipinski definition) is 1. The van der Waals surface area contributed by atoms with Crippen LogP contribution in [-0.2, 0) is 11.3 Å². The first kappa shape index (κ1) is 25.4. The van der Waals surface area contributed by atoms with E-state index in [4.69, 9.17) is 10.1 Å². The van der Waals surface area contributed by atoms with E-state index < -0.39 is 0 Å². The average molecular weight is 522 g/mol. The number of Topliss-reactive ketones (excluding diaryl/α,β-unsaturated/α-hetero) is 1. The van der Waals surface area contributed by atoms with Gasteiger partial charge in [0, 0.05) is 47.9 Å². The highest BCUT2D eigenvalue weighted by Crippen LogP contribution is 2.43. The third-order valence-electron chi connectivity index (χ3n) is 6.79. The standard InChI is InChI=1S/C31H29N4O2S/c1-3-5-15-34-24-11-7-9-13-26(24)37-28(34)17-22-30(21(19-32)20-33)23(31(22)36)18-29-35(16-6-4-2)25-12-8-10-14-27(25)38-29/h7-14,17-18,32H,3-6,15-16H2,1-2H3/q+1. The number of carbonyl (C=O) groups excluding carboxylic acids is 1. The topological polar surface area (TPSA) is 81.1 Å². The van der Waals surface area contributed by atoms with E-state index in [1.165, 1.54) is 0 Å². The molecule has 2 aliphatic rings. The molecule has 2 heterocycles. The summed E-state index contributed by atoms with van der Waals surface area (Å²) in [5, 5.41) is 18.5. The number of hydrogen-bond acceptors (Lipinski definition) is 6. The fourth-order valence-corrected chi connectivity index (χ4v) is 5.94. The van der Waals surface area contributed by atoms with E-state index in [0.29, 0.717) is 22.6 Å². The van der Waals surface area contributed by atoms with Gasteiger partial charge in [0.15, 0.2) is 18.1 Å². The lowest BCUT2D eigenvalue weighted by molar-refractivity contribution is -0.669. The SMILES string of the molecule is CCCCN1/C(=C/C2=C(C(=C=N)C#N)C(=C/c3sc4ccccc4[n+]3CCCC)/C2=O)Oc2ccccc21. The van der Waals surface area contributed by atoms with Crippen LogP contribution in [0.5, 0.6) is 5.75 Å². The maximum absolute atomic E-state index is 13.6. The molecule has 0 saturated carbocycles. The Bertz CT molecular complexity index is 1610. The number of para-hydroxylation sites is 3. The van der Waals surface area contributed by atoms with Gasteiger partial charge in [-0.2, -0.15) is 9.83 Å². The summed E-state index contributed by atoms with van der Waals surface area (Å²) in [5.41, 5.74) is 3.39. The smallest absolute Gasteiger partial charge is 0.263 e. The lowest BCUT2D eigenvalue weighted by Gasteiger charge is -2.24. The zero-order chi connectivity index (χ0) is 26.6. The fourth-order valence-electron chi connectivity index (χ4n) is 4.81. The van der Waals surface area contributed by atoms with Crippen molar-refractivity contribution in [1.82, 2.24) is 0 Å². The van der Waals surface area contributed by atoms with Crippen LogP contribution in [0.2, 0.25) is 0 Å². The van der Waals surface area contributed by atoms with Gasteiger partial charge >= 0.3 is 0 Å². The highest BCUT2D eigenvalue weighted by Gasteiger charge is 2.38. The Hall–Kier alpha value is -4.24. The summed E-state index contributed by atoms with van der Waals surface area (Å²) in [6.45, 7) is 5.89. The molecule has 6 nitrogen and oxygen atoms in total. The van der Waals surface area contributed by atoms with Crippen LogP contribution in [0.25, 0.3) is 16.3 Å². The predicted molar refractivity (Wildman–Crippen MR) is 151 cm³/mol. The second-order valence-corrected chi connectivity index (χ2v) is 10.3. The average Bonchev–Trinajstić information content (AvgIpc) is 3.48. The monoisotopic (exact) mass is 521 g/mol. The van der Waals surface area contributed by atoms with Crippen LogP contribution in [0.4, 0.5) is 5.69 Å². The number of nitrogens with one attached hydrogen (secondary N) is 1. The number of rotatable bonds is 9. The van der Waals surface area contributed by atoms with Gasteiger partial charge in [-0.3, -0.25) is 10.2 Å². The van der Waals surface area contributed by atoms with Crippen molar-refractivity contribution in [3.8, 4) is 11.8 Å². The summed E-state index contributed by atoms with van der Waals surface area (Å²) < 4.78 is 9.52. The van der Waals surface area contributed by atoms with E-state index in [9.17, 15) is 10.1 Å². The summed E-state index contributed by atoms with van der Waals surface area (Å²) in [5.74, 6) is 3.39. The van der Waals surface area contributed by atoms with Gasteiger partial charge in [0.1, 0.15) is 16.3 Å². The normalized spacial score (nSPS) is 16.4. The van der Waals surface area contributed by atoms with Gasteiger partial charge in [-0.25, -0.2) is 0 Å². The van der Waals surface area contributed by atoms with Gasteiger partial charge < -0.3 is 9.64 Å². The Morgan fingerprint density at radius 1 is 1.11 bits per heavy atom. The number of benzene rings is 2. The second kappa shape index (κ2) is 11.0. The maximum atomic E-state index is 13.6. The number of aryl methyl sites for hydroxylation is 1. The molecule has 1 aliphatic heterocycles. The highest BCUT2D eigenvalue weighted by atomic mass is 32.1. The molecule has 0 unspecified atom stereocenters. The third kappa shape index (κ3) is 4.50. The fraction of sp³-hybridized carbons (Fsp3) is 0.258. The maximum Gasteiger partial charge on any atom is 0.263 e. The van der Waals surface area contributed by atoms with E-state index in [0.717, 1.165) is 65.4 Å². The molecule has 3 aromatic rings. The molecule has 2 aromatic carbocycles. The largest absolute Gasteiger partial charge is 0.439 e. The Labute approximate surface area is 226 Å². The van der Waals surface area contributed by atoms with Crippen LogP contribution in [0.1, 0.15) is 44.5 Å². The molecular weight excluding hydrogens is 492 g/mol. The van der Waals surface area contributed by atoms with Crippen LogP contribution in [0.15, 0.2) is 82.8 Å². The molecule has 0 bridgehead atoms. The minimum Gasteiger partial charge on any atom is -0.439 e. The quantitative estimate of drug-likeness (QED) is 0.151. The number of thiazole rings is 1. The number of ketones is 1. The van der Waals surface area contributed by atoms with Crippen molar-refractivity contribution in [1.29, 1.82) is 10.7 Å². The number of unbranched alkanes of at least 4 members (excludes halogenated alkanes) is 2. The summed E-state index contributed by atoms with van der Waals surface area (Å²) in [7, 11) is 0. The Morgan fingerprint density at radius 3 is 2.63 bits per heavy atom. The summed E-state index contributed by atoms with van der Waals surface area (Å²) in [4.78, 5) is 15.6. The molecule has 0 radical (unpaired) electrons. The first-order valence-corrected chi connectivity index (χ1v) is 13.8. The Kier molecular flexibility index (Phi) is 7.37. The van der Waals surface area contributed by atoms with E-state index in [-0.39, 0.29) is 11.4 Å². The molecule has 7 heteroatoms. The van der Waals surface area contributed by atoms with Crippen molar-refractivity contribution in [3.05, 3.63) is 87.8 Å². The number of aromatic nitrogens is 1. The van der Waals surface area contributed by atoms with Crippen molar-refractivity contribution >= 4 is 45.0 Å². The molecule has 0 amide bonds. The number of fused-ring (bicyclic) bond motifs is 2. The van der Waals surface area contributed by atoms with Crippen molar-refractivity contribution in [2.24, 2.45) is 0 Å². The molecule has 0 fully saturated rings. The van der Waals surface area contributed by atoms with Gasteiger partial charge in [0.25, 0.3) is 5.01 Å². The first-order valence-electron chi connectivity index (χ1n) is 13.0. The zero-order valence-corrected chi connectivity index (χ0v) is 22.4. The van der Waals surface area contributed by atoms with Gasteiger partial charge in [-0.15, -0.1) is 0 Å². The van der Waals surface area contributed by atoms with Crippen LogP contribution < -0.4 is 14.2 Å². The number of anilines is 1. The van der Waals surface area contributed by atoms with E-state index in [1.807, 2.05) is 42.5 Å². The molecule has 5 rings (SSSR count). The summed E-state index contributed by atoms with van der Waals surface area (Å²) in [6.07, 6.45) is 7.65. The zero-order valence-electron chi connectivity index (χ0n) is 21.6. The van der Waals surface area contributed by atoms with E-state index in [1.54, 1.807) is 17.4 Å². The van der Waals surface area contributed by atoms with Gasteiger partial charge in [-0.05, 0) is 30.5 Å². The molecule has 0 spiro atoms. The molecule has 1 aromatic heterocycles. The number of nitriles is 1. The van der Waals surface area contributed by atoms with Crippen LogP contribution >= 0.6 is 11.3 Å². The number of allylic oxidation sites excluding steroid dienone is 5. The molecule has 0 atom stereocenters. The molecule has 0 saturated heterocycles. The van der Waals surface area contributed by atoms with Crippen LogP contribution in [0.3, 0.4) is 0 Å². The molecule has 38 heavy (non-hydrogen) atoms. The summed E-state index contributed by atoms with van der Waals surface area (Å²) in [6, 6.07) is 18.1.